The Morgan fingerprint density at radius 1 is 1.30 bits per heavy atom. The van der Waals surface area contributed by atoms with Gasteiger partial charge in [-0.2, -0.15) is 27.8 Å². The largest absolute Gasteiger partial charge is 0.457 e. The molecule has 1 fully saturated rings. The summed E-state index contributed by atoms with van der Waals surface area (Å²) >= 11 is 0. The molecule has 4 heterocycles. The van der Waals surface area contributed by atoms with Gasteiger partial charge in [-0.05, 0) is 42.7 Å². The molecule has 0 aliphatic carbocycles. The Kier molecular flexibility index (Phi) is 5.01. The van der Waals surface area contributed by atoms with E-state index in [1.165, 1.54) is 10.5 Å². The first kappa shape index (κ1) is 21.3. The lowest BCUT2D eigenvalue weighted by Crippen LogP contribution is -2.29. The number of cyclic esters (lactones) is 1. The van der Waals surface area contributed by atoms with Crippen molar-refractivity contribution < 1.29 is 17.9 Å². The Balaban J connectivity index is 1.36. The van der Waals surface area contributed by atoms with Crippen LogP contribution in [0.2, 0.25) is 0 Å². The minimum Gasteiger partial charge on any atom is -0.457 e. The van der Waals surface area contributed by atoms with Gasteiger partial charge in [-0.15, -0.1) is 0 Å². The molecular weight excluding hydrogens is 444 g/mol. The number of fused-ring (bicyclic) bond motifs is 1. The lowest BCUT2D eigenvalue weighted by Gasteiger charge is -2.15. The van der Waals surface area contributed by atoms with Crippen molar-refractivity contribution in [1.29, 1.82) is 5.26 Å². The summed E-state index contributed by atoms with van der Waals surface area (Å²) in [5.41, 5.74) is 5.01. The number of carbonyl (C=O) groups is 1. The van der Waals surface area contributed by atoms with Crippen LogP contribution >= 0.6 is 0 Å². The van der Waals surface area contributed by atoms with E-state index in [-0.39, 0.29) is 25.7 Å². The Hall–Kier alpha value is -3.59. The Morgan fingerprint density at radius 2 is 2.12 bits per heavy atom. The van der Waals surface area contributed by atoms with Gasteiger partial charge in [0.15, 0.2) is 5.82 Å². The van der Waals surface area contributed by atoms with Gasteiger partial charge in [-0.25, -0.2) is 14.5 Å². The molecule has 33 heavy (non-hydrogen) atoms. The molecular formula is C22H20N6O4S. The first-order valence-corrected chi connectivity index (χ1v) is 11.7. The lowest BCUT2D eigenvalue weighted by atomic mass is 9.94. The van der Waals surface area contributed by atoms with E-state index in [1.807, 2.05) is 13.8 Å². The van der Waals surface area contributed by atoms with Crippen LogP contribution in [0.15, 0.2) is 36.8 Å². The van der Waals surface area contributed by atoms with Crippen LogP contribution in [0.25, 0.3) is 5.82 Å². The number of rotatable bonds is 4. The Morgan fingerprint density at radius 3 is 2.88 bits per heavy atom. The summed E-state index contributed by atoms with van der Waals surface area (Å²) in [4.78, 5) is 16.0. The number of aromatic nitrogens is 3. The third-order valence-corrected chi connectivity index (χ3v) is 7.59. The minimum atomic E-state index is -3.70. The van der Waals surface area contributed by atoms with E-state index in [9.17, 15) is 13.2 Å². The van der Waals surface area contributed by atoms with Crippen LogP contribution in [0.1, 0.15) is 49.8 Å². The Bertz CT molecular complexity index is 1440. The van der Waals surface area contributed by atoms with Crippen LogP contribution in [0.3, 0.4) is 0 Å². The average Bonchev–Trinajstić information content (AvgIpc) is 3.47. The highest BCUT2D eigenvalue weighted by Gasteiger charge is 2.38. The van der Waals surface area contributed by atoms with Gasteiger partial charge >= 0.3 is 5.97 Å². The number of nitriles is 1. The number of nitrogens with zero attached hydrogens (tertiary/aromatic N) is 5. The second kappa shape index (κ2) is 7.77. The molecule has 1 saturated heterocycles. The van der Waals surface area contributed by atoms with Crippen molar-refractivity contribution in [3.8, 4) is 11.9 Å². The molecule has 11 heteroatoms. The van der Waals surface area contributed by atoms with Crippen molar-refractivity contribution in [1.82, 2.24) is 23.8 Å². The maximum atomic E-state index is 12.8. The maximum Gasteiger partial charge on any atom is 0.338 e. The monoisotopic (exact) mass is 464 g/mol. The first-order chi connectivity index (χ1) is 15.8. The topological polar surface area (TPSA) is 130 Å². The number of nitrogens with one attached hydrogen (secondary N) is 1. The second-order valence-electron chi connectivity index (χ2n) is 8.11. The zero-order valence-electron chi connectivity index (χ0n) is 17.9. The molecule has 2 aromatic heterocycles. The fourth-order valence-electron chi connectivity index (χ4n) is 4.20. The van der Waals surface area contributed by atoms with Crippen molar-refractivity contribution >= 4 is 16.2 Å². The average molecular weight is 465 g/mol. The number of esters is 1. The quantitative estimate of drug-likeness (QED) is 0.583. The number of carbonyl (C=O) groups excluding carboxylic acids is 1. The summed E-state index contributed by atoms with van der Waals surface area (Å²) in [6, 6.07) is 6.88. The third-order valence-electron chi connectivity index (χ3n) is 6.05. The van der Waals surface area contributed by atoms with Crippen LogP contribution in [0, 0.1) is 25.2 Å². The summed E-state index contributed by atoms with van der Waals surface area (Å²) < 4.78 is 36.4. The smallest absolute Gasteiger partial charge is 0.338 e. The normalized spacial score (nSPS) is 19.3. The molecule has 10 nitrogen and oxygen atoms in total. The first-order valence-electron chi connectivity index (χ1n) is 10.2. The summed E-state index contributed by atoms with van der Waals surface area (Å²) in [6.45, 7) is 4.30. The fraction of sp³-hybridized carbons (Fsp3) is 0.273. The molecule has 0 bridgehead atoms. The number of ether oxygens (including phenoxy) is 1. The fourth-order valence-corrected chi connectivity index (χ4v) is 5.58. The standard InChI is InChI=1S/C22H20N6O4S/c1-13-5-21(24-8-16(13)6-23)28-10-15(7-25-28)9-27-11-20(26-33(27,30)31)17-3-4-18-19(14(17)2)12-32-22(18)29/h3-5,7-8,10,20,26H,9,11-12H2,1-2H3/t20-/m0/s1. The molecule has 0 saturated carbocycles. The SMILES string of the molecule is Cc1cc(-n2cc(CN3C[C@@H](c4ccc5c(c4C)COC5=O)NS3(=O)=O)cn2)ncc1C#N. The van der Waals surface area contributed by atoms with Crippen molar-refractivity contribution in [2.24, 2.45) is 0 Å². The maximum absolute atomic E-state index is 12.8. The molecule has 0 radical (unpaired) electrons. The predicted octanol–water partition coefficient (Wildman–Crippen LogP) is 1.82. The number of aryl methyl sites for hydroxylation is 1. The van der Waals surface area contributed by atoms with Gasteiger partial charge in [0.25, 0.3) is 10.2 Å². The number of benzene rings is 1. The van der Waals surface area contributed by atoms with Crippen molar-refractivity contribution in [3.63, 3.8) is 0 Å². The van der Waals surface area contributed by atoms with Crippen LogP contribution < -0.4 is 4.72 Å². The molecule has 3 aromatic rings. The van der Waals surface area contributed by atoms with Crippen molar-refractivity contribution in [2.75, 3.05) is 6.54 Å². The summed E-state index contributed by atoms with van der Waals surface area (Å²) in [6.07, 6.45) is 4.81. The van der Waals surface area contributed by atoms with E-state index in [4.69, 9.17) is 10.00 Å². The van der Waals surface area contributed by atoms with Gasteiger partial charge in [0.2, 0.25) is 0 Å². The molecule has 0 amide bonds. The molecule has 2 aliphatic rings. The number of hydrogen-bond acceptors (Lipinski definition) is 7. The summed E-state index contributed by atoms with van der Waals surface area (Å²) in [5, 5.41) is 13.4. The van der Waals surface area contributed by atoms with E-state index in [0.717, 1.165) is 22.3 Å². The minimum absolute atomic E-state index is 0.146. The number of hydrogen-bond donors (Lipinski definition) is 1. The zero-order valence-corrected chi connectivity index (χ0v) is 18.8. The van der Waals surface area contributed by atoms with Gasteiger partial charge in [-0.1, -0.05) is 6.07 Å². The van der Waals surface area contributed by atoms with Crippen LogP contribution in [-0.4, -0.2) is 40.0 Å². The third kappa shape index (κ3) is 3.68. The molecule has 168 valence electrons. The van der Waals surface area contributed by atoms with Crippen molar-refractivity contribution in [2.45, 2.75) is 33.0 Å². The van der Waals surface area contributed by atoms with E-state index in [2.05, 4.69) is 20.9 Å². The zero-order chi connectivity index (χ0) is 23.3. The molecule has 2 aliphatic heterocycles. The Labute approximate surface area is 190 Å². The molecule has 1 N–H and O–H groups in total. The lowest BCUT2D eigenvalue weighted by molar-refractivity contribution is 0.0535. The van der Waals surface area contributed by atoms with Gasteiger partial charge < -0.3 is 4.74 Å². The molecule has 5 rings (SSSR count). The van der Waals surface area contributed by atoms with Crippen LogP contribution in [-0.2, 0) is 28.1 Å². The van der Waals surface area contributed by atoms with E-state index in [0.29, 0.717) is 22.5 Å². The van der Waals surface area contributed by atoms with Crippen LogP contribution in [0.5, 0.6) is 0 Å². The van der Waals surface area contributed by atoms with Gasteiger partial charge in [0.05, 0.1) is 23.4 Å². The highest BCUT2D eigenvalue weighted by Crippen LogP contribution is 2.32. The van der Waals surface area contributed by atoms with E-state index >= 15 is 0 Å². The van der Waals surface area contributed by atoms with Gasteiger partial charge in [-0.3, -0.25) is 0 Å². The van der Waals surface area contributed by atoms with E-state index < -0.39 is 16.3 Å². The molecule has 0 unspecified atom stereocenters. The number of pyridine rings is 1. The van der Waals surface area contributed by atoms with Crippen molar-refractivity contribution in [3.05, 3.63) is 75.7 Å². The highest BCUT2D eigenvalue weighted by molar-refractivity contribution is 7.87. The molecule has 0 spiro atoms. The second-order valence-corrected chi connectivity index (χ2v) is 9.81. The highest BCUT2D eigenvalue weighted by atomic mass is 32.2. The molecule has 1 atom stereocenters. The predicted molar refractivity (Wildman–Crippen MR) is 116 cm³/mol. The van der Waals surface area contributed by atoms with Gasteiger partial charge in [0.1, 0.15) is 12.7 Å². The van der Waals surface area contributed by atoms with Crippen LogP contribution in [0.4, 0.5) is 0 Å². The molecule has 1 aromatic carbocycles. The summed E-state index contributed by atoms with van der Waals surface area (Å²) in [5.74, 6) is 0.195. The van der Waals surface area contributed by atoms with Gasteiger partial charge in [0, 0.05) is 36.6 Å². The summed E-state index contributed by atoms with van der Waals surface area (Å²) in [7, 11) is -3.70. The van der Waals surface area contributed by atoms with E-state index in [1.54, 1.807) is 35.3 Å².